The van der Waals surface area contributed by atoms with Crippen LogP contribution >= 0.6 is 11.3 Å². The summed E-state index contributed by atoms with van der Waals surface area (Å²) in [5.74, 6) is 7.57. The van der Waals surface area contributed by atoms with E-state index in [4.69, 9.17) is 4.74 Å². The Morgan fingerprint density at radius 2 is 2.00 bits per heavy atom. The van der Waals surface area contributed by atoms with Crippen molar-refractivity contribution in [1.82, 2.24) is 25.2 Å². The predicted octanol–water partition coefficient (Wildman–Crippen LogP) is 4.92. The van der Waals surface area contributed by atoms with Gasteiger partial charge < -0.3 is 10.1 Å². The first-order valence-electron chi connectivity index (χ1n) is 11.6. The zero-order valence-electron chi connectivity index (χ0n) is 20.8. The number of carbonyl (C=O) groups excluding carboxylic acids is 1. The minimum Gasteiger partial charge on any atom is -0.497 e. The number of tetrazole rings is 1. The number of amides is 1. The summed E-state index contributed by atoms with van der Waals surface area (Å²) in [5.41, 5.74) is 3.54. The molecule has 0 spiro atoms. The highest BCUT2D eigenvalue weighted by molar-refractivity contribution is 7.10. The Morgan fingerprint density at radius 1 is 1.16 bits per heavy atom. The molecule has 2 aromatic carbocycles. The fourth-order valence-electron chi connectivity index (χ4n) is 3.16. The van der Waals surface area contributed by atoms with Crippen LogP contribution in [0.5, 0.6) is 5.75 Å². The molecule has 0 unspecified atom stereocenters. The van der Waals surface area contributed by atoms with Crippen LogP contribution in [0.3, 0.4) is 0 Å². The Labute approximate surface area is 219 Å². The van der Waals surface area contributed by atoms with Crippen molar-refractivity contribution in [2.24, 2.45) is 0 Å². The second-order valence-corrected chi connectivity index (χ2v) is 9.15. The van der Waals surface area contributed by atoms with Crippen molar-refractivity contribution in [3.8, 4) is 17.6 Å². The number of aromatic nitrogens is 5. The SMILES string of the molecule is COc1ccc(Cn2nnc(/C=C/C=C/C(=O)Nc3cccc(C#Cc4nc(C(C)C)cs4)c3)n2)cc1. The molecule has 0 aliphatic carbocycles. The molecule has 0 atom stereocenters. The zero-order chi connectivity index (χ0) is 26.0. The van der Waals surface area contributed by atoms with Crippen molar-refractivity contribution in [2.45, 2.75) is 26.3 Å². The van der Waals surface area contributed by atoms with Crippen molar-refractivity contribution in [1.29, 1.82) is 0 Å². The fraction of sp³-hybridized carbons (Fsp3) is 0.179. The van der Waals surface area contributed by atoms with E-state index in [0.29, 0.717) is 24.0 Å². The van der Waals surface area contributed by atoms with Crippen molar-refractivity contribution in [3.05, 3.63) is 99.8 Å². The monoisotopic (exact) mass is 510 g/mol. The lowest BCUT2D eigenvalue weighted by Gasteiger charge is -2.02. The van der Waals surface area contributed by atoms with Gasteiger partial charge in [-0.2, -0.15) is 4.80 Å². The summed E-state index contributed by atoms with van der Waals surface area (Å²) < 4.78 is 5.16. The van der Waals surface area contributed by atoms with Crippen molar-refractivity contribution < 1.29 is 9.53 Å². The van der Waals surface area contributed by atoms with Crippen LogP contribution in [0.15, 0.2) is 72.1 Å². The van der Waals surface area contributed by atoms with Crippen molar-refractivity contribution in [3.63, 3.8) is 0 Å². The lowest BCUT2D eigenvalue weighted by atomic mass is 10.2. The average molecular weight is 511 g/mol. The number of anilines is 1. The van der Waals surface area contributed by atoms with E-state index < -0.39 is 0 Å². The lowest BCUT2D eigenvalue weighted by molar-refractivity contribution is -0.111. The van der Waals surface area contributed by atoms with E-state index in [1.807, 2.05) is 53.9 Å². The molecule has 1 amide bonds. The normalized spacial score (nSPS) is 11.1. The highest BCUT2D eigenvalue weighted by Gasteiger charge is 2.04. The van der Waals surface area contributed by atoms with E-state index in [9.17, 15) is 4.79 Å². The second-order valence-electron chi connectivity index (χ2n) is 8.30. The molecule has 186 valence electrons. The number of methoxy groups -OCH3 is 1. The number of hydrogen-bond donors (Lipinski definition) is 1. The van der Waals surface area contributed by atoms with Crippen LogP contribution in [-0.2, 0) is 11.3 Å². The minimum atomic E-state index is -0.257. The summed E-state index contributed by atoms with van der Waals surface area (Å²) in [4.78, 5) is 18.3. The number of benzene rings is 2. The Kier molecular flexibility index (Phi) is 8.57. The molecule has 0 aliphatic rings. The molecule has 0 saturated carbocycles. The summed E-state index contributed by atoms with van der Waals surface area (Å²) in [7, 11) is 1.63. The van der Waals surface area contributed by atoms with Gasteiger partial charge in [-0.05, 0) is 59.0 Å². The quantitative estimate of drug-likeness (QED) is 0.205. The number of rotatable bonds is 8. The fourth-order valence-corrected chi connectivity index (χ4v) is 3.99. The molecule has 2 aromatic heterocycles. The molecule has 0 radical (unpaired) electrons. The van der Waals surface area contributed by atoms with Gasteiger partial charge in [-0.15, -0.1) is 21.5 Å². The van der Waals surface area contributed by atoms with Gasteiger partial charge in [0.1, 0.15) is 5.75 Å². The van der Waals surface area contributed by atoms with Crippen LogP contribution in [0.25, 0.3) is 6.08 Å². The molecule has 0 fully saturated rings. The maximum atomic E-state index is 12.3. The smallest absolute Gasteiger partial charge is 0.248 e. The number of carbonyl (C=O) groups is 1. The summed E-state index contributed by atoms with van der Waals surface area (Å²) in [6.07, 6.45) is 6.42. The van der Waals surface area contributed by atoms with Crippen LogP contribution in [-0.4, -0.2) is 38.2 Å². The Hall–Kier alpha value is -4.55. The lowest BCUT2D eigenvalue weighted by Crippen LogP contribution is -2.07. The number of ether oxygens (including phenoxy) is 1. The van der Waals surface area contributed by atoms with E-state index in [0.717, 1.165) is 27.6 Å². The number of nitrogens with zero attached hydrogens (tertiary/aromatic N) is 5. The third-order valence-corrected chi connectivity index (χ3v) is 5.89. The third kappa shape index (κ3) is 7.72. The number of thiazole rings is 1. The highest BCUT2D eigenvalue weighted by Crippen LogP contribution is 2.17. The Balaban J connectivity index is 1.28. The maximum Gasteiger partial charge on any atom is 0.248 e. The molecule has 0 saturated heterocycles. The van der Waals surface area contributed by atoms with E-state index in [1.165, 1.54) is 22.2 Å². The van der Waals surface area contributed by atoms with Crippen LogP contribution in [0.2, 0.25) is 0 Å². The van der Waals surface area contributed by atoms with E-state index in [1.54, 1.807) is 25.3 Å². The van der Waals surface area contributed by atoms with Crippen molar-refractivity contribution >= 4 is 29.0 Å². The summed E-state index contributed by atoms with van der Waals surface area (Å²) in [6, 6.07) is 15.1. The zero-order valence-corrected chi connectivity index (χ0v) is 21.6. The van der Waals surface area contributed by atoms with Gasteiger partial charge in [0.2, 0.25) is 5.91 Å². The average Bonchev–Trinajstić information content (AvgIpc) is 3.56. The number of allylic oxidation sites excluding steroid dienone is 2. The first-order valence-corrected chi connectivity index (χ1v) is 12.5. The van der Waals surface area contributed by atoms with E-state index in [-0.39, 0.29) is 5.91 Å². The van der Waals surface area contributed by atoms with Gasteiger partial charge in [0.15, 0.2) is 10.8 Å². The van der Waals surface area contributed by atoms with Gasteiger partial charge >= 0.3 is 0 Å². The van der Waals surface area contributed by atoms with E-state index in [2.05, 4.69) is 51.4 Å². The summed E-state index contributed by atoms with van der Waals surface area (Å²) >= 11 is 1.54. The molecule has 4 aromatic rings. The van der Waals surface area contributed by atoms with Gasteiger partial charge in [-0.25, -0.2) is 4.98 Å². The summed E-state index contributed by atoms with van der Waals surface area (Å²) in [5, 5.41) is 18.0. The molecular weight excluding hydrogens is 484 g/mol. The second kappa shape index (κ2) is 12.4. The first-order chi connectivity index (χ1) is 18.0. The first kappa shape index (κ1) is 25.5. The van der Waals surface area contributed by atoms with Gasteiger partial charge in [0.05, 0.1) is 19.3 Å². The molecule has 8 nitrogen and oxygen atoms in total. The molecule has 4 rings (SSSR count). The maximum absolute atomic E-state index is 12.3. The van der Waals surface area contributed by atoms with Crippen LogP contribution in [0.1, 0.15) is 47.4 Å². The molecule has 1 N–H and O–H groups in total. The molecule has 37 heavy (non-hydrogen) atoms. The highest BCUT2D eigenvalue weighted by atomic mass is 32.1. The number of nitrogens with one attached hydrogen (secondary N) is 1. The van der Waals surface area contributed by atoms with Crippen LogP contribution in [0.4, 0.5) is 5.69 Å². The Bertz CT molecular complexity index is 1470. The van der Waals surface area contributed by atoms with Gasteiger partial charge in [-0.1, -0.05) is 50.1 Å². The van der Waals surface area contributed by atoms with Crippen LogP contribution in [0, 0.1) is 11.8 Å². The Morgan fingerprint density at radius 3 is 2.76 bits per heavy atom. The van der Waals surface area contributed by atoms with Gasteiger partial charge in [0.25, 0.3) is 0 Å². The van der Waals surface area contributed by atoms with Gasteiger partial charge in [-0.3, -0.25) is 4.79 Å². The van der Waals surface area contributed by atoms with Gasteiger partial charge in [0, 0.05) is 22.7 Å². The molecule has 2 heterocycles. The molecule has 0 aliphatic heterocycles. The minimum absolute atomic E-state index is 0.257. The topological polar surface area (TPSA) is 94.8 Å². The van der Waals surface area contributed by atoms with E-state index >= 15 is 0 Å². The summed E-state index contributed by atoms with van der Waals surface area (Å²) in [6.45, 7) is 4.71. The largest absolute Gasteiger partial charge is 0.497 e. The molecular formula is C28H26N6O2S. The predicted molar refractivity (Wildman–Crippen MR) is 145 cm³/mol. The van der Waals surface area contributed by atoms with Crippen LogP contribution < -0.4 is 10.1 Å². The molecule has 9 heteroatoms. The third-order valence-electron chi connectivity index (χ3n) is 5.11. The molecule has 0 bridgehead atoms. The standard InChI is InChI=1S/C28H26N6O2S/c1-20(2)25-19-37-28(30-25)16-13-21-7-6-8-23(17-21)29-27(35)10-5-4-9-26-31-33-34(32-26)18-22-11-14-24(36-3)15-12-22/h4-12,14-15,17,19-20H,18H2,1-3H3,(H,29,35)/b9-4+,10-5+. The number of hydrogen-bond acceptors (Lipinski definition) is 7. The van der Waals surface area contributed by atoms with Crippen molar-refractivity contribution in [2.75, 3.05) is 12.4 Å².